The van der Waals surface area contributed by atoms with Crippen LogP contribution in [0.25, 0.3) is 0 Å². The van der Waals surface area contributed by atoms with E-state index in [0.29, 0.717) is 17.8 Å². The van der Waals surface area contributed by atoms with Crippen molar-refractivity contribution in [3.05, 3.63) is 21.9 Å². The molecule has 2 amide bonds. The van der Waals surface area contributed by atoms with Crippen LogP contribution in [-0.2, 0) is 11.3 Å². The summed E-state index contributed by atoms with van der Waals surface area (Å²) in [5.74, 6) is 4.95. The number of nitrogen functional groups attached to an aromatic ring is 1. The normalized spacial score (nSPS) is 15.6. The zero-order valence-electron chi connectivity index (χ0n) is 8.73. The van der Waals surface area contributed by atoms with Crippen LogP contribution in [0.4, 0.5) is 0 Å². The van der Waals surface area contributed by atoms with E-state index < -0.39 is 0 Å². The number of nitrogens with zero attached hydrogens (tertiary/aromatic N) is 1. The predicted octanol–water partition coefficient (Wildman–Crippen LogP) is 0.474. The van der Waals surface area contributed by atoms with Gasteiger partial charge in [0.15, 0.2) is 0 Å². The quantitative estimate of drug-likeness (QED) is 0.457. The van der Waals surface area contributed by atoms with E-state index in [1.807, 2.05) is 11.0 Å². The number of likely N-dealkylation sites (tertiary alicyclic amines) is 1. The molecule has 1 aromatic heterocycles. The highest BCUT2D eigenvalue weighted by atomic mass is 32.1. The molecule has 0 aromatic carbocycles. The third kappa shape index (κ3) is 2.23. The molecule has 0 unspecified atom stereocenters. The Bertz CT molecular complexity index is 416. The molecule has 1 aliphatic rings. The Morgan fingerprint density at radius 3 is 3.00 bits per heavy atom. The van der Waals surface area contributed by atoms with E-state index in [4.69, 9.17) is 5.84 Å². The van der Waals surface area contributed by atoms with Crippen LogP contribution in [0.2, 0.25) is 0 Å². The highest BCUT2D eigenvalue weighted by Gasteiger charge is 2.20. The molecule has 1 fully saturated rings. The Morgan fingerprint density at radius 1 is 1.56 bits per heavy atom. The van der Waals surface area contributed by atoms with Crippen LogP contribution < -0.4 is 11.3 Å². The standard InChI is InChI=1S/C10H13N3O2S/c11-12-10(15)8-4-3-7(16-8)6-13-5-1-2-9(13)14/h3-4H,1-2,5-6,11H2,(H,12,15). The Morgan fingerprint density at radius 2 is 2.38 bits per heavy atom. The second-order valence-electron chi connectivity index (χ2n) is 3.66. The molecule has 3 N–H and O–H groups in total. The summed E-state index contributed by atoms with van der Waals surface area (Å²) >= 11 is 1.37. The van der Waals surface area contributed by atoms with Crippen LogP contribution in [-0.4, -0.2) is 23.3 Å². The zero-order chi connectivity index (χ0) is 11.5. The van der Waals surface area contributed by atoms with Gasteiger partial charge in [-0.1, -0.05) is 0 Å². The summed E-state index contributed by atoms with van der Waals surface area (Å²) in [7, 11) is 0. The first-order valence-corrected chi connectivity index (χ1v) is 5.90. The largest absolute Gasteiger partial charge is 0.338 e. The molecule has 5 nitrogen and oxygen atoms in total. The number of rotatable bonds is 3. The summed E-state index contributed by atoms with van der Waals surface area (Å²) in [6.45, 7) is 1.41. The fraction of sp³-hybridized carbons (Fsp3) is 0.400. The molecule has 2 heterocycles. The van der Waals surface area contributed by atoms with Gasteiger partial charge in [0, 0.05) is 17.8 Å². The van der Waals surface area contributed by atoms with E-state index in [2.05, 4.69) is 5.43 Å². The highest BCUT2D eigenvalue weighted by Crippen LogP contribution is 2.20. The Hall–Kier alpha value is -1.40. The Labute approximate surface area is 97.2 Å². The second-order valence-corrected chi connectivity index (χ2v) is 4.83. The van der Waals surface area contributed by atoms with Crippen molar-refractivity contribution in [2.24, 2.45) is 5.84 Å². The molecular weight excluding hydrogens is 226 g/mol. The van der Waals surface area contributed by atoms with Crippen molar-refractivity contribution in [2.45, 2.75) is 19.4 Å². The summed E-state index contributed by atoms with van der Waals surface area (Å²) in [4.78, 5) is 26.0. The van der Waals surface area contributed by atoms with Crippen LogP contribution in [0.3, 0.4) is 0 Å². The minimum absolute atomic E-state index is 0.193. The average Bonchev–Trinajstić information content (AvgIpc) is 2.89. The second kappa shape index (κ2) is 4.63. The maximum absolute atomic E-state index is 11.4. The first kappa shape index (κ1) is 11.1. The van der Waals surface area contributed by atoms with Gasteiger partial charge in [-0.15, -0.1) is 11.3 Å². The van der Waals surface area contributed by atoms with Gasteiger partial charge in [-0.2, -0.15) is 0 Å². The third-order valence-corrected chi connectivity index (χ3v) is 3.60. The van der Waals surface area contributed by atoms with Crippen LogP contribution >= 0.6 is 11.3 Å². The molecule has 1 aromatic rings. The number of nitrogens with two attached hydrogens (primary N) is 1. The molecule has 0 atom stereocenters. The molecule has 6 heteroatoms. The first-order valence-electron chi connectivity index (χ1n) is 5.08. The van der Waals surface area contributed by atoms with E-state index in [9.17, 15) is 9.59 Å². The molecule has 1 aliphatic heterocycles. The van der Waals surface area contributed by atoms with E-state index >= 15 is 0 Å². The number of hydrogen-bond acceptors (Lipinski definition) is 4. The van der Waals surface area contributed by atoms with Gasteiger partial charge >= 0.3 is 0 Å². The van der Waals surface area contributed by atoms with E-state index in [0.717, 1.165) is 17.8 Å². The van der Waals surface area contributed by atoms with Crippen molar-refractivity contribution in [1.82, 2.24) is 10.3 Å². The zero-order valence-corrected chi connectivity index (χ0v) is 9.55. The Kier molecular flexibility index (Phi) is 3.21. The van der Waals surface area contributed by atoms with Crippen molar-refractivity contribution < 1.29 is 9.59 Å². The van der Waals surface area contributed by atoms with E-state index in [1.165, 1.54) is 11.3 Å². The summed E-state index contributed by atoms with van der Waals surface area (Å²) in [5, 5.41) is 0. The molecule has 0 aliphatic carbocycles. The van der Waals surface area contributed by atoms with Crippen molar-refractivity contribution in [2.75, 3.05) is 6.54 Å². The van der Waals surface area contributed by atoms with Gasteiger partial charge < -0.3 is 4.90 Å². The molecule has 0 spiro atoms. The minimum Gasteiger partial charge on any atom is -0.338 e. The topological polar surface area (TPSA) is 75.4 Å². The van der Waals surface area contributed by atoms with Crippen molar-refractivity contribution >= 4 is 23.2 Å². The van der Waals surface area contributed by atoms with Gasteiger partial charge in [-0.05, 0) is 18.6 Å². The summed E-state index contributed by atoms with van der Waals surface area (Å²) in [6.07, 6.45) is 1.57. The van der Waals surface area contributed by atoms with Gasteiger partial charge in [0.1, 0.15) is 0 Å². The maximum Gasteiger partial charge on any atom is 0.275 e. The number of carbonyl (C=O) groups is 2. The smallest absolute Gasteiger partial charge is 0.275 e. The number of thiophene rings is 1. The molecule has 0 radical (unpaired) electrons. The lowest BCUT2D eigenvalue weighted by molar-refractivity contribution is -0.128. The summed E-state index contributed by atoms with van der Waals surface area (Å²) in [6, 6.07) is 3.59. The average molecular weight is 239 g/mol. The van der Waals surface area contributed by atoms with Crippen molar-refractivity contribution in [3.8, 4) is 0 Å². The van der Waals surface area contributed by atoms with Crippen LogP contribution in [0.15, 0.2) is 12.1 Å². The van der Waals surface area contributed by atoms with Gasteiger partial charge in [0.25, 0.3) is 5.91 Å². The van der Waals surface area contributed by atoms with Gasteiger partial charge in [0.2, 0.25) is 5.91 Å². The monoisotopic (exact) mass is 239 g/mol. The fourth-order valence-corrected chi connectivity index (χ4v) is 2.64. The number of nitrogens with one attached hydrogen (secondary N) is 1. The lowest BCUT2D eigenvalue weighted by Crippen LogP contribution is -2.29. The van der Waals surface area contributed by atoms with Crippen LogP contribution in [0.1, 0.15) is 27.4 Å². The number of hydrogen-bond donors (Lipinski definition) is 2. The molecule has 0 saturated carbocycles. The molecule has 1 saturated heterocycles. The third-order valence-electron chi connectivity index (χ3n) is 2.53. The number of hydrazine groups is 1. The van der Waals surface area contributed by atoms with E-state index in [1.54, 1.807) is 6.07 Å². The molecule has 2 rings (SSSR count). The molecule has 0 bridgehead atoms. The van der Waals surface area contributed by atoms with Crippen LogP contribution in [0, 0.1) is 0 Å². The van der Waals surface area contributed by atoms with Crippen molar-refractivity contribution in [3.63, 3.8) is 0 Å². The molecular formula is C10H13N3O2S. The van der Waals surface area contributed by atoms with Gasteiger partial charge in [-0.3, -0.25) is 15.0 Å². The van der Waals surface area contributed by atoms with Crippen molar-refractivity contribution in [1.29, 1.82) is 0 Å². The molecule has 16 heavy (non-hydrogen) atoms. The maximum atomic E-state index is 11.4. The first-order chi connectivity index (χ1) is 7.70. The number of carbonyl (C=O) groups excluding carboxylic acids is 2. The van der Waals surface area contributed by atoms with E-state index in [-0.39, 0.29) is 11.8 Å². The number of amides is 2. The van der Waals surface area contributed by atoms with Crippen LogP contribution in [0.5, 0.6) is 0 Å². The van der Waals surface area contributed by atoms with Gasteiger partial charge in [0.05, 0.1) is 11.4 Å². The predicted molar refractivity (Wildman–Crippen MR) is 60.6 cm³/mol. The minimum atomic E-state index is -0.288. The summed E-state index contributed by atoms with van der Waals surface area (Å²) < 4.78 is 0. The SMILES string of the molecule is NNC(=O)c1ccc(CN2CCCC2=O)s1. The summed E-state index contributed by atoms with van der Waals surface area (Å²) in [5.41, 5.74) is 2.09. The lowest BCUT2D eigenvalue weighted by atomic mass is 10.4. The fourth-order valence-electron chi connectivity index (χ4n) is 1.72. The lowest BCUT2D eigenvalue weighted by Gasteiger charge is -2.13. The molecule has 86 valence electrons. The highest BCUT2D eigenvalue weighted by molar-refractivity contribution is 7.14. The van der Waals surface area contributed by atoms with Gasteiger partial charge in [-0.25, -0.2) is 5.84 Å². The Balaban J connectivity index is 2.02.